The number of carbonyl (C=O) groups excluding carboxylic acids is 2. The molecule has 2 aliphatic rings. The fraction of sp³-hybridized carbons (Fsp3) is 0.417. The van der Waals surface area contributed by atoms with Gasteiger partial charge in [0.1, 0.15) is 5.82 Å². The molecule has 0 bridgehead atoms. The number of piperidine rings is 1. The van der Waals surface area contributed by atoms with Crippen molar-refractivity contribution in [3.63, 3.8) is 0 Å². The number of fused-ring (bicyclic) bond motifs is 1. The number of aryl methyl sites for hydroxylation is 1. The quantitative estimate of drug-likeness (QED) is 0.606. The lowest BCUT2D eigenvalue weighted by Crippen LogP contribution is -2.53. The van der Waals surface area contributed by atoms with Gasteiger partial charge in [-0.2, -0.15) is 0 Å². The third-order valence-corrected chi connectivity index (χ3v) is 6.67. The highest BCUT2D eigenvalue weighted by atomic mass is 19.1. The summed E-state index contributed by atoms with van der Waals surface area (Å²) in [5, 5.41) is 0. The molecule has 0 spiro atoms. The third-order valence-electron chi connectivity index (χ3n) is 6.67. The van der Waals surface area contributed by atoms with Gasteiger partial charge in [-0.1, -0.05) is 30.7 Å². The molecule has 2 fully saturated rings. The van der Waals surface area contributed by atoms with Gasteiger partial charge in [-0.25, -0.2) is 4.39 Å². The lowest BCUT2D eigenvalue weighted by atomic mass is 9.76. The van der Waals surface area contributed by atoms with Crippen LogP contribution in [0.5, 0.6) is 0 Å². The van der Waals surface area contributed by atoms with Crippen LogP contribution < -0.4 is 5.73 Å². The molecule has 4 atom stereocenters. The van der Waals surface area contributed by atoms with E-state index in [9.17, 15) is 14.0 Å². The minimum Gasteiger partial charge on any atom is -0.469 e. The van der Waals surface area contributed by atoms with Gasteiger partial charge in [0.05, 0.1) is 24.6 Å². The standard InChI is InChI=1S/C24H27FN2O3/c1-14-5-3-7-19(25)21(14)23(28)27-20-8-4-6-16(20)13-18(24(29)30-2)22(27)15-9-11-17(26)12-10-15/h3,5,7,9-12,16,18,20,22H,4,6,8,13,26H2,1-2H3. The Morgan fingerprint density at radius 3 is 2.53 bits per heavy atom. The highest BCUT2D eigenvalue weighted by Crippen LogP contribution is 2.49. The Hall–Kier alpha value is -2.89. The Kier molecular flexibility index (Phi) is 5.50. The van der Waals surface area contributed by atoms with Gasteiger partial charge in [-0.05, 0) is 61.4 Å². The van der Waals surface area contributed by atoms with Crippen molar-refractivity contribution in [2.45, 2.75) is 44.7 Å². The first kappa shape index (κ1) is 20.4. The van der Waals surface area contributed by atoms with Gasteiger partial charge in [0.15, 0.2) is 0 Å². The number of nitrogen functional groups attached to an aromatic ring is 1. The van der Waals surface area contributed by atoms with Gasteiger partial charge in [0, 0.05) is 11.7 Å². The largest absolute Gasteiger partial charge is 0.469 e. The van der Waals surface area contributed by atoms with E-state index in [1.807, 2.05) is 12.1 Å². The van der Waals surface area contributed by atoms with E-state index in [4.69, 9.17) is 10.5 Å². The zero-order valence-electron chi connectivity index (χ0n) is 17.3. The summed E-state index contributed by atoms with van der Waals surface area (Å²) < 4.78 is 19.9. The maximum absolute atomic E-state index is 14.7. The smallest absolute Gasteiger partial charge is 0.311 e. The molecule has 2 aromatic rings. The lowest BCUT2D eigenvalue weighted by molar-refractivity contribution is -0.151. The molecule has 1 heterocycles. The summed E-state index contributed by atoms with van der Waals surface area (Å²) in [4.78, 5) is 28.3. The molecule has 1 aliphatic carbocycles. The highest BCUT2D eigenvalue weighted by Gasteiger charge is 2.50. The Morgan fingerprint density at radius 1 is 1.13 bits per heavy atom. The van der Waals surface area contributed by atoms with Crippen LogP contribution in [0.1, 0.15) is 53.2 Å². The van der Waals surface area contributed by atoms with E-state index in [1.54, 1.807) is 36.1 Å². The van der Waals surface area contributed by atoms with Crippen LogP contribution in [0.2, 0.25) is 0 Å². The molecule has 4 unspecified atom stereocenters. The van der Waals surface area contributed by atoms with E-state index >= 15 is 0 Å². The molecule has 0 aromatic heterocycles. The van der Waals surface area contributed by atoms with Crippen molar-refractivity contribution in [1.82, 2.24) is 4.90 Å². The van der Waals surface area contributed by atoms with Crippen molar-refractivity contribution in [2.75, 3.05) is 12.8 Å². The van der Waals surface area contributed by atoms with Crippen LogP contribution in [0.3, 0.4) is 0 Å². The second-order valence-electron chi connectivity index (χ2n) is 8.38. The summed E-state index contributed by atoms with van der Waals surface area (Å²) in [7, 11) is 1.37. The molecule has 1 saturated carbocycles. The molecular formula is C24H27FN2O3. The number of amides is 1. The molecule has 1 amide bonds. The van der Waals surface area contributed by atoms with Crippen molar-refractivity contribution in [3.05, 3.63) is 65.0 Å². The number of carbonyl (C=O) groups is 2. The van der Waals surface area contributed by atoms with Crippen LogP contribution in [0.4, 0.5) is 10.1 Å². The van der Waals surface area contributed by atoms with Crippen LogP contribution in [0.25, 0.3) is 0 Å². The molecule has 30 heavy (non-hydrogen) atoms. The molecule has 2 aromatic carbocycles. The SMILES string of the molecule is COC(=O)C1CC2CCCC2N(C(=O)c2c(C)cccc2F)C1c1ccc(N)cc1. The van der Waals surface area contributed by atoms with Crippen molar-refractivity contribution < 1.29 is 18.7 Å². The van der Waals surface area contributed by atoms with E-state index in [1.165, 1.54) is 13.2 Å². The monoisotopic (exact) mass is 410 g/mol. The Morgan fingerprint density at radius 2 is 1.87 bits per heavy atom. The fourth-order valence-corrected chi connectivity index (χ4v) is 5.29. The second kappa shape index (κ2) is 8.09. The molecular weight excluding hydrogens is 383 g/mol. The Balaban J connectivity index is 1.86. The van der Waals surface area contributed by atoms with Crippen molar-refractivity contribution in [1.29, 1.82) is 0 Å². The molecule has 2 N–H and O–H groups in total. The number of hydrogen-bond donors (Lipinski definition) is 1. The normalized spacial score (nSPS) is 25.6. The minimum atomic E-state index is -0.536. The molecule has 0 radical (unpaired) electrons. The second-order valence-corrected chi connectivity index (χ2v) is 8.38. The van der Waals surface area contributed by atoms with Gasteiger partial charge in [-0.3, -0.25) is 9.59 Å². The zero-order valence-corrected chi connectivity index (χ0v) is 17.3. The number of nitrogens with two attached hydrogens (primary N) is 1. The first-order valence-corrected chi connectivity index (χ1v) is 10.4. The summed E-state index contributed by atoms with van der Waals surface area (Å²) in [5.74, 6) is -1.54. The van der Waals surface area contributed by atoms with Crippen molar-refractivity contribution in [3.8, 4) is 0 Å². The number of hydrogen-bond acceptors (Lipinski definition) is 4. The van der Waals surface area contributed by atoms with Crippen LogP contribution in [-0.4, -0.2) is 29.9 Å². The number of rotatable bonds is 3. The summed E-state index contributed by atoms with van der Waals surface area (Å²) >= 11 is 0. The predicted molar refractivity (Wildman–Crippen MR) is 112 cm³/mol. The zero-order chi connectivity index (χ0) is 21.4. The molecule has 6 heteroatoms. The number of anilines is 1. The van der Waals surface area contributed by atoms with Crippen LogP contribution >= 0.6 is 0 Å². The lowest BCUT2D eigenvalue weighted by Gasteiger charge is -2.47. The number of methoxy groups -OCH3 is 1. The van der Waals surface area contributed by atoms with Gasteiger partial charge >= 0.3 is 5.97 Å². The molecule has 158 valence electrons. The average Bonchev–Trinajstić information content (AvgIpc) is 3.20. The summed E-state index contributed by atoms with van der Waals surface area (Å²) in [5.41, 5.74) is 7.95. The first-order chi connectivity index (χ1) is 14.4. The molecule has 1 saturated heterocycles. The first-order valence-electron chi connectivity index (χ1n) is 10.4. The summed E-state index contributed by atoms with van der Waals surface area (Å²) in [6.45, 7) is 1.74. The van der Waals surface area contributed by atoms with Crippen molar-refractivity contribution in [2.24, 2.45) is 11.8 Å². The average molecular weight is 410 g/mol. The van der Waals surface area contributed by atoms with Gasteiger partial charge in [0.25, 0.3) is 5.91 Å². The topological polar surface area (TPSA) is 72.6 Å². The van der Waals surface area contributed by atoms with E-state index < -0.39 is 17.8 Å². The maximum Gasteiger partial charge on any atom is 0.311 e. The Labute approximate surface area is 176 Å². The number of nitrogens with zero attached hydrogens (tertiary/aromatic N) is 1. The number of esters is 1. The van der Waals surface area contributed by atoms with Gasteiger partial charge < -0.3 is 15.4 Å². The third kappa shape index (κ3) is 3.44. The van der Waals surface area contributed by atoms with Crippen LogP contribution in [0, 0.1) is 24.6 Å². The minimum absolute atomic E-state index is 0.0278. The fourth-order valence-electron chi connectivity index (χ4n) is 5.29. The molecule has 4 rings (SSSR count). The van der Waals surface area contributed by atoms with Crippen LogP contribution in [-0.2, 0) is 9.53 Å². The number of likely N-dealkylation sites (tertiary alicyclic amines) is 1. The van der Waals surface area contributed by atoms with Gasteiger partial charge in [-0.15, -0.1) is 0 Å². The molecule has 1 aliphatic heterocycles. The van der Waals surface area contributed by atoms with Crippen LogP contribution in [0.15, 0.2) is 42.5 Å². The van der Waals surface area contributed by atoms with Crippen molar-refractivity contribution >= 4 is 17.6 Å². The summed E-state index contributed by atoms with van der Waals surface area (Å²) in [6.07, 6.45) is 3.44. The number of benzene rings is 2. The van der Waals surface area contributed by atoms with E-state index in [0.29, 0.717) is 17.7 Å². The Bertz CT molecular complexity index is 939. The molecule has 5 nitrogen and oxygen atoms in total. The van der Waals surface area contributed by atoms with E-state index in [2.05, 4.69) is 0 Å². The maximum atomic E-state index is 14.7. The summed E-state index contributed by atoms with van der Waals surface area (Å²) in [6, 6.07) is 11.3. The highest BCUT2D eigenvalue weighted by molar-refractivity contribution is 5.97. The van der Waals surface area contributed by atoms with E-state index in [-0.39, 0.29) is 29.4 Å². The number of ether oxygens (including phenoxy) is 1. The number of halogens is 1. The predicted octanol–water partition coefficient (Wildman–Crippen LogP) is 4.26. The van der Waals surface area contributed by atoms with E-state index in [0.717, 1.165) is 24.8 Å². The van der Waals surface area contributed by atoms with Gasteiger partial charge in [0.2, 0.25) is 0 Å².